The number of nitrogen functional groups attached to an aromatic ring is 1. The Kier molecular flexibility index (Phi) is 4.97. The number of nitrogens with zero attached hydrogens (tertiary/aromatic N) is 1. The van der Waals surface area contributed by atoms with Crippen LogP contribution in [-0.2, 0) is 4.79 Å². The van der Waals surface area contributed by atoms with Gasteiger partial charge < -0.3 is 15.8 Å². The summed E-state index contributed by atoms with van der Waals surface area (Å²) in [6, 6.07) is 7.60. The van der Waals surface area contributed by atoms with E-state index in [1.165, 1.54) is 11.8 Å². The number of carbonyl (C=O) groups excluding carboxylic acids is 1. The summed E-state index contributed by atoms with van der Waals surface area (Å²) in [5.74, 6) is 0.808. The highest BCUT2D eigenvalue weighted by atomic mass is 32.2. The van der Waals surface area contributed by atoms with Gasteiger partial charge in [-0.1, -0.05) is 0 Å². The lowest BCUT2D eigenvalue weighted by molar-refractivity contribution is -0.119. The van der Waals surface area contributed by atoms with Crippen molar-refractivity contribution in [1.82, 2.24) is 5.32 Å². The van der Waals surface area contributed by atoms with Gasteiger partial charge in [0.2, 0.25) is 5.91 Å². The van der Waals surface area contributed by atoms with Crippen LogP contribution < -0.4 is 15.8 Å². The number of carbonyl (C=O) groups is 1. The number of benzene rings is 1. The van der Waals surface area contributed by atoms with Crippen molar-refractivity contribution in [3.63, 3.8) is 0 Å². The van der Waals surface area contributed by atoms with Gasteiger partial charge >= 0.3 is 0 Å². The van der Waals surface area contributed by atoms with Crippen LogP contribution in [0.1, 0.15) is 25.7 Å². The quantitative estimate of drug-likeness (QED) is 0.644. The van der Waals surface area contributed by atoms with E-state index in [0.29, 0.717) is 11.4 Å². The van der Waals surface area contributed by atoms with Crippen molar-refractivity contribution in [1.29, 1.82) is 5.26 Å². The highest BCUT2D eigenvalue weighted by Crippen LogP contribution is 2.31. The van der Waals surface area contributed by atoms with Crippen LogP contribution in [-0.4, -0.2) is 24.3 Å². The predicted octanol–water partition coefficient (Wildman–Crippen LogP) is 2.32. The number of nitrogens with one attached hydrogen (secondary N) is 1. The van der Waals surface area contributed by atoms with E-state index >= 15 is 0 Å². The minimum absolute atomic E-state index is 0.134. The zero-order valence-electron chi connectivity index (χ0n) is 12.0. The fraction of sp³-hybridized carbons (Fsp3) is 0.467. The predicted molar refractivity (Wildman–Crippen MR) is 83.1 cm³/mol. The SMILES string of the molecule is COc1ccc(N)c(SCC(=O)NC2(C#N)CCCC2)c1. The lowest BCUT2D eigenvalue weighted by Gasteiger charge is -2.21. The lowest BCUT2D eigenvalue weighted by Crippen LogP contribution is -2.45. The Balaban J connectivity index is 1.94. The minimum atomic E-state index is -0.669. The van der Waals surface area contributed by atoms with E-state index in [1.54, 1.807) is 19.2 Å². The molecule has 1 fully saturated rings. The summed E-state index contributed by atoms with van der Waals surface area (Å²) in [5, 5.41) is 12.1. The van der Waals surface area contributed by atoms with Crippen LogP contribution in [0.5, 0.6) is 5.75 Å². The average Bonchev–Trinajstić information content (AvgIpc) is 2.95. The molecule has 1 aliphatic carbocycles. The lowest BCUT2D eigenvalue weighted by atomic mass is 10.0. The van der Waals surface area contributed by atoms with Gasteiger partial charge in [0.1, 0.15) is 11.3 Å². The van der Waals surface area contributed by atoms with Crippen molar-refractivity contribution in [3.05, 3.63) is 18.2 Å². The Morgan fingerprint density at radius 2 is 2.24 bits per heavy atom. The summed E-state index contributed by atoms with van der Waals surface area (Å²) in [6.07, 6.45) is 3.45. The minimum Gasteiger partial charge on any atom is -0.497 e. The molecular formula is C15H19N3O2S. The normalized spacial score (nSPS) is 16.2. The van der Waals surface area contributed by atoms with Crippen molar-refractivity contribution < 1.29 is 9.53 Å². The molecule has 21 heavy (non-hydrogen) atoms. The molecule has 0 spiro atoms. The van der Waals surface area contributed by atoms with Gasteiger partial charge in [-0.2, -0.15) is 5.26 Å². The van der Waals surface area contributed by atoms with Gasteiger partial charge in [0.05, 0.1) is 18.9 Å². The number of thioether (sulfide) groups is 1. The third-order valence-electron chi connectivity index (χ3n) is 3.63. The van der Waals surface area contributed by atoms with Crippen LogP contribution in [0.15, 0.2) is 23.1 Å². The fourth-order valence-electron chi connectivity index (χ4n) is 2.46. The molecule has 1 aliphatic rings. The molecule has 1 aromatic carbocycles. The van der Waals surface area contributed by atoms with Crippen LogP contribution in [0.25, 0.3) is 0 Å². The molecule has 1 amide bonds. The molecule has 0 unspecified atom stereocenters. The Bertz CT molecular complexity index is 563. The molecule has 112 valence electrons. The maximum absolute atomic E-state index is 12.0. The van der Waals surface area contributed by atoms with E-state index in [0.717, 1.165) is 30.6 Å². The number of amides is 1. The Hall–Kier alpha value is -1.87. The van der Waals surface area contributed by atoms with Crippen molar-refractivity contribution in [2.24, 2.45) is 0 Å². The van der Waals surface area contributed by atoms with Crippen molar-refractivity contribution in [2.75, 3.05) is 18.6 Å². The van der Waals surface area contributed by atoms with Crippen molar-refractivity contribution >= 4 is 23.4 Å². The molecule has 0 radical (unpaired) electrons. The first kappa shape index (κ1) is 15.5. The molecule has 0 bridgehead atoms. The standard InChI is InChI=1S/C15H19N3O2S/c1-20-11-4-5-12(17)13(8-11)21-9-14(19)18-15(10-16)6-2-3-7-15/h4-5,8H,2-3,6-7,9,17H2,1H3,(H,18,19). The topological polar surface area (TPSA) is 88.1 Å². The monoisotopic (exact) mass is 305 g/mol. The molecule has 0 aliphatic heterocycles. The summed E-state index contributed by atoms with van der Waals surface area (Å²) < 4.78 is 5.15. The van der Waals surface area contributed by atoms with Crippen LogP contribution in [0.2, 0.25) is 0 Å². The van der Waals surface area contributed by atoms with Gasteiger partial charge in [-0.3, -0.25) is 4.79 Å². The van der Waals surface area contributed by atoms with E-state index in [9.17, 15) is 10.1 Å². The summed E-state index contributed by atoms with van der Waals surface area (Å²) in [4.78, 5) is 12.9. The highest BCUT2D eigenvalue weighted by Gasteiger charge is 2.35. The molecule has 6 heteroatoms. The summed E-state index contributed by atoms with van der Waals surface area (Å²) in [7, 11) is 1.59. The molecule has 0 saturated heterocycles. The molecule has 0 aromatic heterocycles. The largest absolute Gasteiger partial charge is 0.497 e. The summed E-state index contributed by atoms with van der Waals surface area (Å²) >= 11 is 1.35. The Morgan fingerprint density at radius 1 is 1.52 bits per heavy atom. The fourth-order valence-corrected chi connectivity index (χ4v) is 3.25. The second-order valence-corrected chi connectivity index (χ2v) is 6.16. The highest BCUT2D eigenvalue weighted by molar-refractivity contribution is 8.00. The van der Waals surface area contributed by atoms with Crippen LogP contribution >= 0.6 is 11.8 Å². The first-order valence-electron chi connectivity index (χ1n) is 6.87. The number of anilines is 1. The maximum atomic E-state index is 12.0. The van der Waals surface area contributed by atoms with Crippen molar-refractivity contribution in [2.45, 2.75) is 36.1 Å². The van der Waals surface area contributed by atoms with Gasteiger partial charge in [-0.15, -0.1) is 11.8 Å². The summed E-state index contributed by atoms with van der Waals surface area (Å²) in [5.41, 5.74) is 5.83. The van der Waals surface area contributed by atoms with Gasteiger partial charge in [-0.25, -0.2) is 0 Å². The smallest absolute Gasteiger partial charge is 0.231 e. The Morgan fingerprint density at radius 3 is 2.86 bits per heavy atom. The second kappa shape index (κ2) is 6.72. The number of nitriles is 1. The molecule has 2 rings (SSSR count). The van der Waals surface area contributed by atoms with Gasteiger partial charge in [-0.05, 0) is 43.9 Å². The van der Waals surface area contributed by atoms with Crippen molar-refractivity contribution in [3.8, 4) is 11.8 Å². The average molecular weight is 305 g/mol. The zero-order valence-corrected chi connectivity index (χ0v) is 12.8. The van der Waals surface area contributed by atoms with Crippen LogP contribution in [0.3, 0.4) is 0 Å². The third kappa shape index (κ3) is 3.82. The van der Waals surface area contributed by atoms with E-state index in [1.807, 2.05) is 6.07 Å². The molecule has 1 saturated carbocycles. The molecule has 0 heterocycles. The second-order valence-electron chi connectivity index (χ2n) is 5.14. The van der Waals surface area contributed by atoms with E-state index in [2.05, 4.69) is 11.4 Å². The van der Waals surface area contributed by atoms with Gasteiger partial charge in [0.15, 0.2) is 0 Å². The van der Waals surface area contributed by atoms with Crippen LogP contribution in [0.4, 0.5) is 5.69 Å². The number of methoxy groups -OCH3 is 1. The number of ether oxygens (including phenoxy) is 1. The number of rotatable bonds is 5. The molecule has 1 aromatic rings. The molecule has 0 atom stereocenters. The maximum Gasteiger partial charge on any atom is 0.231 e. The van der Waals surface area contributed by atoms with Crippen LogP contribution in [0, 0.1) is 11.3 Å². The molecule has 3 N–H and O–H groups in total. The third-order valence-corrected chi connectivity index (χ3v) is 4.70. The first-order valence-corrected chi connectivity index (χ1v) is 7.86. The number of nitrogens with two attached hydrogens (primary N) is 1. The Labute approximate surface area is 128 Å². The molecule has 5 nitrogen and oxygen atoms in total. The van der Waals surface area contributed by atoms with Gasteiger partial charge in [0.25, 0.3) is 0 Å². The van der Waals surface area contributed by atoms with Gasteiger partial charge in [0, 0.05) is 10.6 Å². The first-order chi connectivity index (χ1) is 10.1. The van der Waals surface area contributed by atoms with E-state index < -0.39 is 5.54 Å². The number of hydrogen-bond donors (Lipinski definition) is 2. The summed E-state index contributed by atoms with van der Waals surface area (Å²) in [6.45, 7) is 0. The van der Waals surface area contributed by atoms with E-state index in [-0.39, 0.29) is 11.7 Å². The molecular weight excluding hydrogens is 286 g/mol. The zero-order chi connectivity index (χ0) is 15.3. The number of hydrogen-bond acceptors (Lipinski definition) is 5. The van der Waals surface area contributed by atoms with E-state index in [4.69, 9.17) is 10.5 Å².